The highest BCUT2D eigenvalue weighted by Crippen LogP contribution is 2.57. The number of nitrogens with zero attached hydrogens (tertiary/aromatic N) is 5. The summed E-state index contributed by atoms with van der Waals surface area (Å²) in [5, 5.41) is 0. The summed E-state index contributed by atoms with van der Waals surface area (Å²) in [5.74, 6) is 2.81. The molecule has 0 amide bonds. The summed E-state index contributed by atoms with van der Waals surface area (Å²) in [6, 6.07) is 11.8. The summed E-state index contributed by atoms with van der Waals surface area (Å²) in [6.07, 6.45) is 12.2. The zero-order chi connectivity index (χ0) is 27.4. The van der Waals surface area contributed by atoms with Crippen LogP contribution in [0.5, 0.6) is 0 Å². The van der Waals surface area contributed by atoms with E-state index < -0.39 is 5.82 Å². The maximum absolute atomic E-state index is 14.4. The zero-order valence-electron chi connectivity index (χ0n) is 23.4. The minimum Gasteiger partial charge on any atom is -0.370 e. The predicted octanol–water partition coefficient (Wildman–Crippen LogP) is 5.35. The molecule has 1 aromatic carbocycles. The van der Waals surface area contributed by atoms with Gasteiger partial charge in [-0.25, -0.2) is 9.37 Å². The molecule has 3 aromatic rings. The molecule has 2 aromatic heterocycles. The molecule has 0 radical (unpaired) electrons. The van der Waals surface area contributed by atoms with Gasteiger partial charge in [-0.3, -0.25) is 14.3 Å². The highest BCUT2D eigenvalue weighted by atomic mass is 19.1. The summed E-state index contributed by atoms with van der Waals surface area (Å²) in [4.78, 5) is 26.0. The van der Waals surface area contributed by atoms with Gasteiger partial charge in [0, 0.05) is 49.7 Å². The lowest BCUT2D eigenvalue weighted by molar-refractivity contribution is 0.0390. The Morgan fingerprint density at radius 2 is 1.95 bits per heavy atom. The quantitative estimate of drug-likeness (QED) is 0.432. The van der Waals surface area contributed by atoms with Crippen LogP contribution in [-0.4, -0.2) is 46.8 Å². The lowest BCUT2D eigenvalue weighted by atomic mass is 9.72. The van der Waals surface area contributed by atoms with E-state index in [-0.39, 0.29) is 17.2 Å². The van der Waals surface area contributed by atoms with Gasteiger partial charge < -0.3 is 14.5 Å². The number of hydrogen-bond donors (Lipinski definition) is 0. The Labute approximate surface area is 235 Å². The Morgan fingerprint density at radius 3 is 2.77 bits per heavy atom. The number of morpholine rings is 1. The Kier molecular flexibility index (Phi) is 6.41. The van der Waals surface area contributed by atoms with Crippen molar-refractivity contribution in [2.24, 2.45) is 24.8 Å². The normalized spacial score (nSPS) is 29.4. The Morgan fingerprint density at radius 1 is 1.12 bits per heavy atom. The molecule has 4 aliphatic rings. The molecule has 8 heteroatoms. The molecule has 4 fully saturated rings. The summed E-state index contributed by atoms with van der Waals surface area (Å²) in [6.45, 7) is 1.68. The number of anilines is 2. The van der Waals surface area contributed by atoms with Crippen LogP contribution in [0.2, 0.25) is 0 Å². The number of benzene rings is 1. The van der Waals surface area contributed by atoms with Gasteiger partial charge in [-0.05, 0) is 73.6 Å². The van der Waals surface area contributed by atoms with E-state index in [9.17, 15) is 9.18 Å². The van der Waals surface area contributed by atoms with E-state index in [1.54, 1.807) is 13.1 Å². The van der Waals surface area contributed by atoms with Crippen LogP contribution < -0.4 is 15.4 Å². The van der Waals surface area contributed by atoms with Crippen LogP contribution in [0.3, 0.4) is 0 Å². The first-order valence-electron chi connectivity index (χ1n) is 14.8. The first-order valence-corrected chi connectivity index (χ1v) is 14.8. The molecule has 3 aliphatic carbocycles. The summed E-state index contributed by atoms with van der Waals surface area (Å²) in [5.41, 5.74) is 3.06. The smallest absolute Gasteiger partial charge is 0.255 e. The van der Waals surface area contributed by atoms with E-state index in [2.05, 4.69) is 46.1 Å². The van der Waals surface area contributed by atoms with Crippen LogP contribution in [0.15, 0.2) is 53.6 Å². The van der Waals surface area contributed by atoms with Gasteiger partial charge in [0.05, 0.1) is 25.0 Å². The highest BCUT2D eigenvalue weighted by Gasteiger charge is 2.51. The third-order valence-electron chi connectivity index (χ3n) is 10.3. The highest BCUT2D eigenvalue weighted by molar-refractivity contribution is 5.60. The van der Waals surface area contributed by atoms with Gasteiger partial charge >= 0.3 is 0 Å². The van der Waals surface area contributed by atoms with Crippen LogP contribution in [0.1, 0.15) is 56.6 Å². The lowest BCUT2D eigenvalue weighted by Crippen LogP contribution is -2.50. The van der Waals surface area contributed by atoms with Crippen LogP contribution in [0.4, 0.5) is 16.0 Å². The molecule has 7 nitrogen and oxygen atoms in total. The van der Waals surface area contributed by atoms with Gasteiger partial charge in [0.1, 0.15) is 6.10 Å². The second kappa shape index (κ2) is 9.98. The van der Waals surface area contributed by atoms with Crippen molar-refractivity contribution in [3.63, 3.8) is 0 Å². The molecule has 1 saturated heterocycles. The molecule has 3 saturated carbocycles. The molecule has 210 valence electrons. The second-order valence-electron chi connectivity index (χ2n) is 12.5. The third kappa shape index (κ3) is 4.41. The zero-order valence-corrected chi connectivity index (χ0v) is 23.4. The molecular weight excluding hydrogens is 505 g/mol. The van der Waals surface area contributed by atoms with Gasteiger partial charge in [0.15, 0.2) is 5.82 Å². The van der Waals surface area contributed by atoms with Gasteiger partial charge in [0.25, 0.3) is 5.56 Å². The summed E-state index contributed by atoms with van der Waals surface area (Å²) in [7, 11) is 4.02. The number of hydrogen-bond acceptors (Lipinski definition) is 6. The minimum absolute atomic E-state index is 0.145. The monoisotopic (exact) mass is 543 g/mol. The maximum Gasteiger partial charge on any atom is 0.255 e. The average molecular weight is 544 g/mol. The van der Waals surface area contributed by atoms with Crippen molar-refractivity contribution in [1.82, 2.24) is 14.5 Å². The van der Waals surface area contributed by atoms with E-state index >= 15 is 0 Å². The fraction of sp³-hybridized carbons (Fsp3) is 0.531. The van der Waals surface area contributed by atoms with Crippen LogP contribution in [0.25, 0.3) is 11.3 Å². The maximum atomic E-state index is 14.4. The average Bonchev–Trinajstić information content (AvgIpc) is 3.19. The van der Waals surface area contributed by atoms with Crippen molar-refractivity contribution >= 4 is 11.6 Å². The molecule has 0 spiro atoms. The molecule has 0 N–H and O–H groups in total. The molecule has 40 heavy (non-hydrogen) atoms. The Balaban J connectivity index is 1.11. The van der Waals surface area contributed by atoms with Crippen molar-refractivity contribution in [2.45, 2.75) is 56.6 Å². The van der Waals surface area contributed by atoms with Crippen LogP contribution in [-0.2, 0) is 11.8 Å². The number of ether oxygens (including phenoxy) is 1. The summed E-state index contributed by atoms with van der Waals surface area (Å²) < 4.78 is 22.2. The van der Waals surface area contributed by atoms with Gasteiger partial charge in [-0.15, -0.1) is 0 Å². The van der Waals surface area contributed by atoms with Gasteiger partial charge in [-0.1, -0.05) is 25.0 Å². The van der Waals surface area contributed by atoms with Crippen LogP contribution >= 0.6 is 0 Å². The predicted molar refractivity (Wildman–Crippen MR) is 154 cm³/mol. The standard InChI is InChI=1S/C32H38FN5O2/c1-36-30(39)16-28(26-9-11-34-19-27(26)33)35-31(36)38-12-13-40-29(20-38)22-5-7-25(8-6-22)37(2)32-10-3-4-23-14-21(17-32)15-24(23)18-32/h5-9,11,16,19,21,23-24,29H,3-4,10,12-15,17-18,20H2,1-2H3/t21?,23?,24?,29-,32?/m1/s1. The number of aromatic nitrogens is 3. The molecule has 1 aliphatic heterocycles. The SMILES string of the molecule is CN(c1ccc([C@H]2CN(c3nc(-c4ccncc4F)cc(=O)n3C)CCO2)cc1)C12CCCC3CC(CC3C1)C2. The number of halogens is 1. The van der Waals surface area contributed by atoms with E-state index in [1.807, 2.05) is 0 Å². The summed E-state index contributed by atoms with van der Waals surface area (Å²) >= 11 is 0. The van der Waals surface area contributed by atoms with E-state index in [0.29, 0.717) is 36.9 Å². The molecular formula is C32H38FN5O2. The second-order valence-corrected chi connectivity index (χ2v) is 12.5. The van der Waals surface area contributed by atoms with Crippen molar-refractivity contribution in [3.8, 4) is 11.3 Å². The third-order valence-corrected chi connectivity index (χ3v) is 10.3. The van der Waals surface area contributed by atoms with E-state index in [0.717, 1.165) is 29.5 Å². The topological polar surface area (TPSA) is 63.5 Å². The molecule has 7 rings (SSSR count). The fourth-order valence-corrected chi connectivity index (χ4v) is 8.31. The molecule has 4 unspecified atom stereocenters. The van der Waals surface area contributed by atoms with Crippen molar-refractivity contribution in [1.29, 1.82) is 0 Å². The van der Waals surface area contributed by atoms with Crippen molar-refractivity contribution in [3.05, 3.63) is 70.5 Å². The number of fused-ring (bicyclic) bond motifs is 2. The van der Waals surface area contributed by atoms with Crippen molar-refractivity contribution < 1.29 is 9.13 Å². The molecule has 3 bridgehead atoms. The molecule has 3 heterocycles. The van der Waals surface area contributed by atoms with Crippen molar-refractivity contribution in [2.75, 3.05) is 36.5 Å². The minimum atomic E-state index is -0.497. The number of pyridine rings is 1. The molecule has 5 atom stereocenters. The Hall–Kier alpha value is -3.26. The number of rotatable bonds is 5. The fourth-order valence-electron chi connectivity index (χ4n) is 8.31. The van der Waals surface area contributed by atoms with E-state index in [4.69, 9.17) is 9.72 Å². The largest absolute Gasteiger partial charge is 0.370 e. The Bertz CT molecular complexity index is 1460. The first-order chi connectivity index (χ1) is 19.4. The first kappa shape index (κ1) is 25.7. The van der Waals surface area contributed by atoms with Gasteiger partial charge in [-0.2, -0.15) is 0 Å². The lowest BCUT2D eigenvalue weighted by Gasteiger charge is -2.48. The van der Waals surface area contributed by atoms with Crippen LogP contribution in [0, 0.1) is 23.6 Å². The van der Waals surface area contributed by atoms with E-state index in [1.165, 1.54) is 67.5 Å². The van der Waals surface area contributed by atoms with Gasteiger partial charge in [0.2, 0.25) is 5.95 Å².